The van der Waals surface area contributed by atoms with Gasteiger partial charge in [-0.1, -0.05) is 54.6 Å². The van der Waals surface area contributed by atoms with E-state index >= 15 is 0 Å². The number of nitrogens with zero attached hydrogens (tertiary/aromatic N) is 2. The van der Waals surface area contributed by atoms with Gasteiger partial charge in [0.1, 0.15) is 23.7 Å². The highest BCUT2D eigenvalue weighted by molar-refractivity contribution is 5.97. The number of rotatable bonds is 5. The highest BCUT2D eigenvalue weighted by Gasteiger charge is 2.48. The third-order valence-electron chi connectivity index (χ3n) is 7.38. The van der Waals surface area contributed by atoms with E-state index in [4.69, 9.17) is 4.74 Å². The molecule has 1 aromatic heterocycles. The van der Waals surface area contributed by atoms with E-state index in [1.165, 1.54) is 6.07 Å². The van der Waals surface area contributed by atoms with Crippen LogP contribution in [0.25, 0.3) is 10.9 Å². The number of nitrogens with one attached hydrogen (secondary N) is 1. The third-order valence-corrected chi connectivity index (χ3v) is 7.38. The number of piperazine rings is 1. The van der Waals surface area contributed by atoms with Crippen LogP contribution in [0.1, 0.15) is 28.4 Å². The molecule has 0 spiro atoms. The molecule has 1 N–H and O–H groups in total. The number of ether oxygens (including phenoxy) is 1. The van der Waals surface area contributed by atoms with Crippen LogP contribution in [0.3, 0.4) is 0 Å². The molecular formula is C29H26FN3O3. The summed E-state index contributed by atoms with van der Waals surface area (Å²) in [4.78, 5) is 34.3. The number of hydrogen-bond donors (Lipinski definition) is 1. The van der Waals surface area contributed by atoms with Gasteiger partial charge >= 0.3 is 0 Å². The first kappa shape index (κ1) is 22.3. The van der Waals surface area contributed by atoms with Crippen LogP contribution >= 0.6 is 0 Å². The molecule has 3 aromatic carbocycles. The molecule has 0 radical (unpaired) electrons. The van der Waals surface area contributed by atoms with Crippen molar-refractivity contribution in [2.45, 2.75) is 24.9 Å². The van der Waals surface area contributed by atoms with Crippen LogP contribution in [-0.2, 0) is 22.4 Å². The zero-order valence-electron chi connectivity index (χ0n) is 19.9. The van der Waals surface area contributed by atoms with Gasteiger partial charge < -0.3 is 19.5 Å². The molecule has 182 valence electrons. The lowest BCUT2D eigenvalue weighted by molar-refractivity contribution is -0.158. The average molecular weight is 484 g/mol. The summed E-state index contributed by atoms with van der Waals surface area (Å²) in [6.07, 6.45) is 0.776. The van der Waals surface area contributed by atoms with E-state index < -0.39 is 12.1 Å². The lowest BCUT2D eigenvalue weighted by atomic mass is 9.86. The first-order valence-corrected chi connectivity index (χ1v) is 12.1. The predicted octanol–water partition coefficient (Wildman–Crippen LogP) is 4.24. The molecular weight excluding hydrogens is 457 g/mol. The van der Waals surface area contributed by atoms with Gasteiger partial charge in [0.2, 0.25) is 11.8 Å². The SMILES string of the molecule is COc1ccccc1C1c2[nH]c3ccccc3c2C[C@H]2C(=O)N(CCc3ccccc3F)CC(=O)N12. The van der Waals surface area contributed by atoms with Crippen molar-refractivity contribution in [2.24, 2.45) is 0 Å². The summed E-state index contributed by atoms with van der Waals surface area (Å²) >= 11 is 0. The number of methoxy groups -OCH3 is 1. The molecule has 1 saturated heterocycles. The lowest BCUT2D eigenvalue weighted by Crippen LogP contribution is -2.63. The molecule has 36 heavy (non-hydrogen) atoms. The second kappa shape index (κ2) is 8.82. The first-order valence-electron chi connectivity index (χ1n) is 12.1. The molecule has 0 bridgehead atoms. The minimum absolute atomic E-state index is 0.0367. The van der Waals surface area contributed by atoms with Gasteiger partial charge in [-0.3, -0.25) is 9.59 Å². The normalized spacial score (nSPS) is 19.4. The molecule has 6 rings (SSSR count). The summed E-state index contributed by atoms with van der Waals surface area (Å²) in [5.74, 6) is 0.123. The second-order valence-corrected chi connectivity index (χ2v) is 9.33. The maximum atomic E-state index is 14.2. The molecule has 1 fully saturated rings. The molecule has 6 nitrogen and oxygen atoms in total. The van der Waals surface area contributed by atoms with Crippen molar-refractivity contribution in [3.05, 3.63) is 101 Å². The Morgan fingerprint density at radius 2 is 1.75 bits per heavy atom. The van der Waals surface area contributed by atoms with Gasteiger partial charge in [0.05, 0.1) is 13.7 Å². The van der Waals surface area contributed by atoms with E-state index in [9.17, 15) is 14.0 Å². The Hall–Kier alpha value is -4.13. The van der Waals surface area contributed by atoms with Crippen molar-refractivity contribution in [1.82, 2.24) is 14.8 Å². The monoisotopic (exact) mass is 483 g/mol. The van der Waals surface area contributed by atoms with E-state index in [1.54, 1.807) is 35.1 Å². The van der Waals surface area contributed by atoms with Crippen molar-refractivity contribution >= 4 is 22.7 Å². The fourth-order valence-electron chi connectivity index (χ4n) is 5.69. The molecule has 1 unspecified atom stereocenters. The predicted molar refractivity (Wildman–Crippen MR) is 134 cm³/mol. The van der Waals surface area contributed by atoms with E-state index in [2.05, 4.69) is 4.98 Å². The minimum atomic E-state index is -0.645. The molecule has 7 heteroatoms. The number of H-pyrrole nitrogens is 1. The molecule has 4 aromatic rings. The summed E-state index contributed by atoms with van der Waals surface area (Å²) in [5, 5.41) is 1.05. The number of halogens is 1. The Morgan fingerprint density at radius 1 is 1.00 bits per heavy atom. The van der Waals surface area contributed by atoms with Gasteiger partial charge in [0, 0.05) is 35.1 Å². The quantitative estimate of drug-likeness (QED) is 0.462. The van der Waals surface area contributed by atoms with Gasteiger partial charge in [-0.05, 0) is 35.7 Å². The Morgan fingerprint density at radius 3 is 2.58 bits per heavy atom. The number of aromatic amines is 1. The van der Waals surface area contributed by atoms with E-state index in [1.807, 2.05) is 48.5 Å². The molecule has 2 atom stereocenters. The number of carbonyl (C=O) groups excluding carboxylic acids is 2. The van der Waals surface area contributed by atoms with Crippen molar-refractivity contribution in [3.8, 4) is 5.75 Å². The highest BCUT2D eigenvalue weighted by Crippen LogP contribution is 2.44. The number of carbonyl (C=O) groups is 2. The van der Waals surface area contributed by atoms with Crippen molar-refractivity contribution in [2.75, 3.05) is 20.2 Å². The van der Waals surface area contributed by atoms with Crippen molar-refractivity contribution in [3.63, 3.8) is 0 Å². The number of aromatic nitrogens is 1. The Bertz CT molecular complexity index is 1480. The van der Waals surface area contributed by atoms with Crippen molar-refractivity contribution in [1.29, 1.82) is 0 Å². The van der Waals surface area contributed by atoms with Crippen LogP contribution < -0.4 is 4.74 Å². The van der Waals surface area contributed by atoms with Crippen LogP contribution in [0.5, 0.6) is 5.75 Å². The Balaban J connectivity index is 1.42. The standard InChI is InChI=1S/C29H26FN3O3/c1-36-25-13-7-4-10-20(25)28-27-21(19-9-3-6-12-23(19)31-27)16-24-29(35)32(17-26(34)33(24)28)15-14-18-8-2-5-11-22(18)30/h2-13,24,28,31H,14-17H2,1H3/t24-,28?/m0/s1. The fraction of sp³-hybridized carbons (Fsp3) is 0.241. The van der Waals surface area contributed by atoms with Crippen LogP contribution in [0.4, 0.5) is 4.39 Å². The molecule has 2 aliphatic heterocycles. The largest absolute Gasteiger partial charge is 0.496 e. The molecule has 2 amide bonds. The van der Waals surface area contributed by atoms with E-state index in [0.29, 0.717) is 24.2 Å². The molecule has 3 heterocycles. The second-order valence-electron chi connectivity index (χ2n) is 9.33. The summed E-state index contributed by atoms with van der Waals surface area (Å²) in [6, 6.07) is 21.1. The van der Waals surface area contributed by atoms with Gasteiger partial charge in [-0.2, -0.15) is 0 Å². The number of benzene rings is 3. The van der Waals surface area contributed by atoms with Crippen LogP contribution in [0, 0.1) is 5.82 Å². The average Bonchev–Trinajstić information content (AvgIpc) is 3.28. The van der Waals surface area contributed by atoms with Crippen LogP contribution in [0.2, 0.25) is 0 Å². The maximum absolute atomic E-state index is 14.2. The van der Waals surface area contributed by atoms with Crippen molar-refractivity contribution < 1.29 is 18.7 Å². The smallest absolute Gasteiger partial charge is 0.246 e. The zero-order chi connectivity index (χ0) is 24.8. The van der Waals surface area contributed by atoms with E-state index in [0.717, 1.165) is 27.7 Å². The Labute approximate surface area is 208 Å². The van der Waals surface area contributed by atoms with Gasteiger partial charge in [-0.25, -0.2) is 4.39 Å². The van der Waals surface area contributed by atoms with Crippen LogP contribution in [0.15, 0.2) is 72.8 Å². The molecule has 0 saturated carbocycles. The maximum Gasteiger partial charge on any atom is 0.246 e. The number of hydrogen-bond acceptors (Lipinski definition) is 3. The van der Waals surface area contributed by atoms with Gasteiger partial charge in [0.25, 0.3) is 0 Å². The minimum Gasteiger partial charge on any atom is -0.496 e. The topological polar surface area (TPSA) is 65.6 Å². The summed E-state index contributed by atoms with van der Waals surface area (Å²) in [7, 11) is 1.61. The summed E-state index contributed by atoms with van der Waals surface area (Å²) in [5.41, 5.74) is 4.30. The highest BCUT2D eigenvalue weighted by atomic mass is 19.1. The Kier molecular flexibility index (Phi) is 5.48. The fourth-order valence-corrected chi connectivity index (χ4v) is 5.69. The lowest BCUT2D eigenvalue weighted by Gasteiger charge is -2.47. The number of para-hydroxylation sites is 2. The zero-order valence-corrected chi connectivity index (χ0v) is 19.9. The van der Waals surface area contributed by atoms with Gasteiger partial charge in [-0.15, -0.1) is 0 Å². The van der Waals surface area contributed by atoms with Gasteiger partial charge in [0.15, 0.2) is 0 Å². The van der Waals surface area contributed by atoms with Crippen LogP contribution in [-0.4, -0.2) is 52.8 Å². The first-order chi connectivity index (χ1) is 17.6. The summed E-state index contributed by atoms with van der Waals surface area (Å²) in [6.45, 7) is 0.251. The van der Waals surface area contributed by atoms with E-state index in [-0.39, 0.29) is 30.7 Å². The molecule has 0 aliphatic carbocycles. The molecule has 2 aliphatic rings. The number of fused-ring (bicyclic) bond motifs is 4. The summed E-state index contributed by atoms with van der Waals surface area (Å²) < 4.78 is 19.8. The third kappa shape index (κ3) is 3.54. The number of amides is 2.